The minimum absolute atomic E-state index is 0.188. The quantitative estimate of drug-likeness (QED) is 0.617. The Bertz CT molecular complexity index is 628. The monoisotopic (exact) mass is 386 g/mol. The second-order valence-corrected chi connectivity index (χ2v) is 7.14. The maximum atomic E-state index is 11.9. The molecule has 1 amide bonds. The van der Waals surface area contributed by atoms with Crippen LogP contribution >= 0.6 is 58.0 Å². The third kappa shape index (κ3) is 2.83. The van der Waals surface area contributed by atoms with E-state index in [1.165, 1.54) is 0 Å². The number of allylic oxidation sites excluding steroid dienone is 2. The van der Waals surface area contributed by atoms with Gasteiger partial charge in [-0.15, -0.1) is 0 Å². The third-order valence-electron chi connectivity index (χ3n) is 2.75. The molecule has 112 valence electrons. The first-order chi connectivity index (χ1) is 9.69. The highest BCUT2D eigenvalue weighted by molar-refractivity contribution is 6.75. The van der Waals surface area contributed by atoms with E-state index in [1.54, 1.807) is 30.3 Å². The van der Waals surface area contributed by atoms with Crippen LogP contribution in [0.5, 0.6) is 0 Å². The number of carbonyl (C=O) groups is 2. The molecule has 1 aromatic carbocycles. The molecule has 0 aliphatic heterocycles. The Labute approximate surface area is 145 Å². The third-order valence-corrected chi connectivity index (χ3v) is 5.35. The fraction of sp³-hybridized carbons (Fsp3) is 0.167. The van der Waals surface area contributed by atoms with Gasteiger partial charge in [0.25, 0.3) is 5.91 Å². The Kier molecular flexibility index (Phi) is 4.66. The summed E-state index contributed by atoms with van der Waals surface area (Å²) in [5.41, 5.74) is 4.91. The molecule has 0 saturated heterocycles. The van der Waals surface area contributed by atoms with Gasteiger partial charge in [0.2, 0.25) is 14.4 Å². The van der Waals surface area contributed by atoms with Crippen LogP contribution in [0.1, 0.15) is 10.4 Å². The zero-order chi connectivity index (χ0) is 15.8. The highest BCUT2D eigenvalue weighted by Crippen LogP contribution is 2.54. The first-order valence-electron chi connectivity index (χ1n) is 5.51. The number of nitrogens with one attached hydrogen (secondary N) is 2. The van der Waals surface area contributed by atoms with E-state index in [1.807, 2.05) is 0 Å². The van der Waals surface area contributed by atoms with Crippen molar-refractivity contribution in [1.82, 2.24) is 10.9 Å². The molecule has 1 aromatic rings. The SMILES string of the molecule is O=C(NNC1=C(Cl)C(=O)C(Cl)(Cl)C1(Cl)Cl)c1ccccc1. The summed E-state index contributed by atoms with van der Waals surface area (Å²) < 4.78 is -4.17. The van der Waals surface area contributed by atoms with Gasteiger partial charge in [0.1, 0.15) is 5.03 Å². The summed E-state index contributed by atoms with van der Waals surface area (Å²) in [6.45, 7) is 0. The molecule has 9 heteroatoms. The van der Waals surface area contributed by atoms with Gasteiger partial charge in [-0.2, -0.15) is 0 Å². The minimum atomic E-state index is -2.15. The summed E-state index contributed by atoms with van der Waals surface area (Å²) in [5.74, 6) is -1.33. The predicted molar refractivity (Wildman–Crippen MR) is 83.8 cm³/mol. The van der Waals surface area contributed by atoms with Crippen LogP contribution in [-0.2, 0) is 4.79 Å². The molecule has 0 unspecified atom stereocenters. The molecule has 2 N–H and O–H groups in total. The van der Waals surface area contributed by atoms with Crippen LogP contribution in [0.3, 0.4) is 0 Å². The molecule has 0 atom stereocenters. The van der Waals surface area contributed by atoms with E-state index in [4.69, 9.17) is 58.0 Å². The van der Waals surface area contributed by atoms with Crippen LogP contribution in [0.15, 0.2) is 41.1 Å². The van der Waals surface area contributed by atoms with Crippen LogP contribution in [0.4, 0.5) is 0 Å². The summed E-state index contributed by atoms with van der Waals surface area (Å²) in [6, 6.07) is 8.33. The lowest BCUT2D eigenvalue weighted by molar-refractivity contribution is -0.115. The summed E-state index contributed by atoms with van der Waals surface area (Å²) in [5, 5.41) is -0.377. The standard InChI is InChI=1S/C12H7Cl5N2O2/c13-7-8(11(14,15)12(16,17)9(7)20)18-19-10(21)6-4-2-1-3-5-6/h1-5,18H,(H,19,21). The molecule has 4 nitrogen and oxygen atoms in total. The lowest BCUT2D eigenvalue weighted by atomic mass is 10.2. The van der Waals surface area contributed by atoms with Gasteiger partial charge in [0.05, 0.1) is 5.70 Å². The topological polar surface area (TPSA) is 58.2 Å². The van der Waals surface area contributed by atoms with E-state index in [2.05, 4.69) is 10.9 Å². The smallest absolute Gasteiger partial charge is 0.269 e. The largest absolute Gasteiger partial charge is 0.298 e. The maximum absolute atomic E-state index is 11.9. The number of alkyl halides is 4. The number of carbonyl (C=O) groups excluding carboxylic acids is 2. The van der Waals surface area contributed by atoms with Crippen molar-refractivity contribution in [1.29, 1.82) is 0 Å². The van der Waals surface area contributed by atoms with Crippen molar-refractivity contribution in [2.24, 2.45) is 0 Å². The molecule has 0 fully saturated rings. The number of halogens is 5. The van der Waals surface area contributed by atoms with Gasteiger partial charge in [-0.1, -0.05) is 76.2 Å². The molecule has 0 radical (unpaired) electrons. The summed E-state index contributed by atoms with van der Waals surface area (Å²) in [4.78, 5) is 23.7. The van der Waals surface area contributed by atoms with E-state index in [0.717, 1.165) is 0 Å². The van der Waals surface area contributed by atoms with Crippen molar-refractivity contribution in [2.75, 3.05) is 0 Å². The molecule has 1 aliphatic rings. The Hall–Kier alpha value is -0.650. The molecule has 0 saturated carbocycles. The number of hydrogen-bond acceptors (Lipinski definition) is 3. The van der Waals surface area contributed by atoms with E-state index < -0.39 is 20.4 Å². The number of ketones is 1. The molecule has 0 heterocycles. The lowest BCUT2D eigenvalue weighted by Crippen LogP contribution is -2.46. The molecule has 1 aliphatic carbocycles. The van der Waals surface area contributed by atoms with E-state index in [9.17, 15) is 9.59 Å². The van der Waals surface area contributed by atoms with E-state index in [0.29, 0.717) is 5.56 Å². The normalized spacial score (nSPS) is 19.6. The van der Waals surface area contributed by atoms with E-state index >= 15 is 0 Å². The maximum Gasteiger partial charge on any atom is 0.269 e. The molecular formula is C12H7Cl5N2O2. The van der Waals surface area contributed by atoms with Crippen molar-refractivity contribution in [3.63, 3.8) is 0 Å². The first-order valence-corrected chi connectivity index (χ1v) is 7.40. The van der Waals surface area contributed by atoms with Crippen LogP contribution in [0.25, 0.3) is 0 Å². The Morgan fingerprint density at radius 1 is 1.00 bits per heavy atom. The number of Topliss-reactive ketones (excluding diaryl/α,β-unsaturated/α-hetero) is 1. The fourth-order valence-electron chi connectivity index (χ4n) is 1.60. The second-order valence-electron chi connectivity index (χ2n) is 4.11. The molecule has 0 aromatic heterocycles. The van der Waals surface area contributed by atoms with Crippen molar-refractivity contribution >= 4 is 69.7 Å². The van der Waals surface area contributed by atoms with Gasteiger partial charge in [-0.25, -0.2) is 0 Å². The number of hydrogen-bond donors (Lipinski definition) is 2. The van der Waals surface area contributed by atoms with Crippen molar-refractivity contribution in [2.45, 2.75) is 8.67 Å². The predicted octanol–water partition coefficient (Wildman–Crippen LogP) is 3.30. The molecule has 21 heavy (non-hydrogen) atoms. The second kappa shape index (κ2) is 5.86. The zero-order valence-electron chi connectivity index (χ0n) is 10.1. The lowest BCUT2D eigenvalue weighted by Gasteiger charge is -2.26. The average Bonchev–Trinajstić information content (AvgIpc) is 2.56. The van der Waals surface area contributed by atoms with Crippen LogP contribution in [0, 0.1) is 0 Å². The van der Waals surface area contributed by atoms with Crippen molar-refractivity contribution in [3.8, 4) is 0 Å². The Balaban J connectivity index is 2.17. The molecular weight excluding hydrogens is 381 g/mol. The average molecular weight is 388 g/mol. The number of benzene rings is 1. The van der Waals surface area contributed by atoms with Crippen molar-refractivity contribution < 1.29 is 9.59 Å². The Morgan fingerprint density at radius 2 is 1.57 bits per heavy atom. The summed E-state index contributed by atoms with van der Waals surface area (Å²) in [7, 11) is 0. The van der Waals surface area contributed by atoms with Gasteiger partial charge in [-0.3, -0.25) is 20.4 Å². The van der Waals surface area contributed by atoms with Crippen LogP contribution in [0.2, 0.25) is 0 Å². The van der Waals surface area contributed by atoms with E-state index in [-0.39, 0.29) is 10.7 Å². The minimum Gasteiger partial charge on any atom is -0.298 e. The molecule has 0 spiro atoms. The zero-order valence-corrected chi connectivity index (χ0v) is 13.9. The Morgan fingerprint density at radius 3 is 2.05 bits per heavy atom. The van der Waals surface area contributed by atoms with Gasteiger partial charge in [-0.05, 0) is 12.1 Å². The summed E-state index contributed by atoms with van der Waals surface area (Å²) in [6.07, 6.45) is 0. The number of amides is 1. The van der Waals surface area contributed by atoms with Gasteiger partial charge in [0.15, 0.2) is 0 Å². The highest BCUT2D eigenvalue weighted by atomic mass is 35.5. The highest BCUT2D eigenvalue weighted by Gasteiger charge is 2.63. The first kappa shape index (κ1) is 16.7. The fourth-order valence-corrected chi connectivity index (χ4v) is 2.96. The molecule has 2 rings (SSSR count). The number of rotatable bonds is 3. The van der Waals surface area contributed by atoms with Crippen LogP contribution in [-0.4, -0.2) is 20.4 Å². The van der Waals surface area contributed by atoms with Gasteiger partial charge < -0.3 is 0 Å². The van der Waals surface area contributed by atoms with Gasteiger partial charge in [0, 0.05) is 5.56 Å². The molecule has 0 bridgehead atoms. The number of hydrazine groups is 1. The van der Waals surface area contributed by atoms with Gasteiger partial charge >= 0.3 is 0 Å². The summed E-state index contributed by atoms with van der Waals surface area (Å²) >= 11 is 29.4. The van der Waals surface area contributed by atoms with Crippen LogP contribution < -0.4 is 10.9 Å². The van der Waals surface area contributed by atoms with Crippen molar-refractivity contribution in [3.05, 3.63) is 46.6 Å².